The van der Waals surface area contributed by atoms with Crippen LogP contribution in [0.3, 0.4) is 0 Å². The van der Waals surface area contributed by atoms with Crippen molar-refractivity contribution in [2.24, 2.45) is 0 Å². The molecule has 0 aromatic heterocycles. The first-order valence-electron chi connectivity index (χ1n) is 18.9. The Hall–Kier alpha value is -0.700. The van der Waals surface area contributed by atoms with Crippen molar-refractivity contribution in [3.63, 3.8) is 0 Å². The minimum Gasteiger partial charge on any atom is -0.0690 e. The molecule has 4 saturated carbocycles. The lowest BCUT2D eigenvalue weighted by molar-refractivity contribution is 0.487. The lowest BCUT2D eigenvalue weighted by Gasteiger charge is -2.39. The Bertz CT molecular complexity index is 942. The van der Waals surface area contributed by atoms with Crippen LogP contribution in [0.4, 0.5) is 0 Å². The van der Waals surface area contributed by atoms with E-state index in [1.54, 1.807) is 21.7 Å². The zero-order chi connectivity index (χ0) is 29.4. The van der Waals surface area contributed by atoms with Crippen LogP contribution >= 0.6 is 15.8 Å². The van der Waals surface area contributed by atoms with E-state index in [9.17, 15) is 0 Å². The number of hydrogen-bond donors (Lipinski definition) is 0. The first-order valence-corrected chi connectivity index (χ1v) is 21.9. The van der Waals surface area contributed by atoms with Crippen LogP contribution in [-0.4, -0.2) is 22.6 Å². The highest BCUT2D eigenvalue weighted by Gasteiger charge is 2.33. The van der Waals surface area contributed by atoms with Gasteiger partial charge in [-0.25, -0.2) is 0 Å². The molecule has 0 spiro atoms. The van der Waals surface area contributed by atoms with Crippen molar-refractivity contribution in [1.82, 2.24) is 0 Å². The summed E-state index contributed by atoms with van der Waals surface area (Å²) in [5.74, 6) is 1.22. The molecule has 0 aliphatic heterocycles. The summed E-state index contributed by atoms with van der Waals surface area (Å²) in [4.78, 5) is 0. The highest BCUT2D eigenvalue weighted by atomic mass is 31.1. The van der Waals surface area contributed by atoms with Crippen LogP contribution < -0.4 is 10.6 Å². The lowest BCUT2D eigenvalue weighted by Crippen LogP contribution is -2.26. The Morgan fingerprint density at radius 2 is 0.674 bits per heavy atom. The Balaban J connectivity index is 1.10. The molecule has 2 aromatic carbocycles. The number of hydrogen-bond acceptors (Lipinski definition) is 0. The van der Waals surface area contributed by atoms with Crippen LogP contribution in [0, 0.1) is 0 Å². The quantitative estimate of drug-likeness (QED) is 0.233. The van der Waals surface area contributed by atoms with Gasteiger partial charge in [-0.05, 0) is 114 Å². The Morgan fingerprint density at radius 1 is 0.419 bits per heavy atom. The third kappa shape index (κ3) is 8.37. The fourth-order valence-corrected chi connectivity index (χ4v) is 17.2. The molecule has 0 amide bonds. The Labute approximate surface area is 268 Å². The third-order valence-corrected chi connectivity index (χ3v) is 19.1. The maximum Gasteiger partial charge on any atom is -0.0166 e. The van der Waals surface area contributed by atoms with Crippen molar-refractivity contribution in [2.75, 3.05) is 0 Å². The second-order valence-electron chi connectivity index (χ2n) is 15.2. The molecule has 4 aliphatic rings. The summed E-state index contributed by atoms with van der Waals surface area (Å²) >= 11 is 0. The van der Waals surface area contributed by atoms with E-state index in [1.807, 2.05) is 0 Å². The second-order valence-corrected chi connectivity index (χ2v) is 20.8. The van der Waals surface area contributed by atoms with Gasteiger partial charge < -0.3 is 0 Å². The molecule has 43 heavy (non-hydrogen) atoms. The largest absolute Gasteiger partial charge is 0.0690 e. The van der Waals surface area contributed by atoms with E-state index < -0.39 is 0 Å². The highest BCUT2D eigenvalue weighted by Crippen LogP contribution is 2.56. The second kappa shape index (κ2) is 16.2. The maximum atomic E-state index is 2.60. The average Bonchev–Trinajstić information content (AvgIpc) is 3.07. The number of rotatable bonds is 10. The van der Waals surface area contributed by atoms with Gasteiger partial charge in [-0.1, -0.05) is 155 Å². The molecule has 0 radical (unpaired) electrons. The van der Waals surface area contributed by atoms with Crippen molar-refractivity contribution < 1.29 is 0 Å². The molecule has 2 unspecified atom stereocenters. The maximum absolute atomic E-state index is 2.60. The molecule has 4 aliphatic carbocycles. The van der Waals surface area contributed by atoms with E-state index >= 15 is 0 Å². The minimum atomic E-state index is 0.00589. The fraction of sp³-hybridized carbons (Fsp3) is 0.707. The SMILES string of the molecule is CC(CC(C)c1ccc(P(C2CCCCC2)C2CCCCC2)cc1)c1ccc(P(C2CCCCC2)C2CCCCC2)cc1. The van der Waals surface area contributed by atoms with Crippen molar-refractivity contribution in [1.29, 1.82) is 0 Å². The van der Waals surface area contributed by atoms with Gasteiger partial charge in [-0.3, -0.25) is 0 Å². The van der Waals surface area contributed by atoms with Crippen molar-refractivity contribution in [3.05, 3.63) is 59.7 Å². The molecule has 0 bridgehead atoms. The molecule has 0 nitrogen and oxygen atoms in total. The molecular weight excluding hydrogens is 554 g/mol. The van der Waals surface area contributed by atoms with Crippen molar-refractivity contribution in [2.45, 2.75) is 183 Å². The number of benzene rings is 2. The Kier molecular flexibility index (Phi) is 12.2. The van der Waals surface area contributed by atoms with Crippen LogP contribution in [0.5, 0.6) is 0 Å². The lowest BCUT2D eigenvalue weighted by atomic mass is 9.87. The molecule has 2 heteroatoms. The molecule has 0 N–H and O–H groups in total. The molecule has 236 valence electrons. The molecule has 2 atom stereocenters. The molecule has 4 fully saturated rings. The molecule has 0 saturated heterocycles. The smallest absolute Gasteiger partial charge is 0.0166 e. The van der Waals surface area contributed by atoms with Crippen LogP contribution in [0.1, 0.15) is 172 Å². The fourth-order valence-electron chi connectivity index (χ4n) is 9.63. The molecule has 6 rings (SSSR count). The predicted octanol–water partition coefficient (Wildman–Crippen LogP) is 12.5. The summed E-state index contributed by atoms with van der Waals surface area (Å²) in [7, 11) is 0.0118. The van der Waals surface area contributed by atoms with Gasteiger partial charge in [0.25, 0.3) is 0 Å². The van der Waals surface area contributed by atoms with Gasteiger partial charge in [0.05, 0.1) is 0 Å². The molecule has 0 heterocycles. The summed E-state index contributed by atoms with van der Waals surface area (Å²) in [5, 5.41) is 3.47. The summed E-state index contributed by atoms with van der Waals surface area (Å²) in [6, 6.07) is 20.5. The normalized spacial score (nSPS) is 23.5. The van der Waals surface area contributed by atoms with Gasteiger partial charge in [-0.15, -0.1) is 0 Å². The Morgan fingerprint density at radius 3 is 0.930 bits per heavy atom. The van der Waals surface area contributed by atoms with Gasteiger partial charge in [0.1, 0.15) is 0 Å². The first kappa shape index (κ1) is 32.2. The summed E-state index contributed by atoms with van der Waals surface area (Å²) in [5.41, 5.74) is 7.11. The van der Waals surface area contributed by atoms with Gasteiger partial charge in [0.2, 0.25) is 0 Å². The zero-order valence-corrected chi connectivity index (χ0v) is 29.6. The predicted molar refractivity (Wildman–Crippen MR) is 195 cm³/mol. The third-order valence-electron chi connectivity index (χ3n) is 12.1. The summed E-state index contributed by atoms with van der Waals surface area (Å²) < 4.78 is 0. The van der Waals surface area contributed by atoms with Gasteiger partial charge in [0.15, 0.2) is 0 Å². The van der Waals surface area contributed by atoms with E-state index in [4.69, 9.17) is 0 Å². The van der Waals surface area contributed by atoms with E-state index in [0.717, 1.165) is 22.6 Å². The van der Waals surface area contributed by atoms with Crippen LogP contribution in [0.2, 0.25) is 0 Å². The van der Waals surface area contributed by atoms with Crippen LogP contribution in [0.25, 0.3) is 0 Å². The van der Waals surface area contributed by atoms with E-state index in [2.05, 4.69) is 62.4 Å². The summed E-state index contributed by atoms with van der Waals surface area (Å²) in [6.45, 7) is 4.97. The van der Waals surface area contributed by atoms with E-state index in [0.29, 0.717) is 11.8 Å². The van der Waals surface area contributed by atoms with Gasteiger partial charge in [-0.2, -0.15) is 0 Å². The highest BCUT2D eigenvalue weighted by molar-refractivity contribution is 7.67. The van der Waals surface area contributed by atoms with Crippen molar-refractivity contribution >= 4 is 26.5 Å². The van der Waals surface area contributed by atoms with Gasteiger partial charge >= 0.3 is 0 Å². The standard InChI is InChI=1S/C41H62P2/c1-32(34-23-27-40(28-24-34)42(36-15-7-3-8-16-36)37-17-9-4-10-18-37)31-33(2)35-25-29-41(30-26-35)43(38-19-11-5-12-20-38)39-21-13-6-14-22-39/h23-30,32-33,36-39H,3-22,31H2,1-2H3. The van der Waals surface area contributed by atoms with Crippen molar-refractivity contribution in [3.8, 4) is 0 Å². The summed E-state index contributed by atoms with van der Waals surface area (Å²) in [6.07, 6.45) is 31.0. The molecule has 2 aromatic rings. The monoisotopic (exact) mass is 616 g/mol. The van der Waals surface area contributed by atoms with E-state index in [-0.39, 0.29) is 15.8 Å². The van der Waals surface area contributed by atoms with Crippen LogP contribution in [-0.2, 0) is 0 Å². The zero-order valence-electron chi connectivity index (χ0n) is 27.8. The molecular formula is C41H62P2. The minimum absolute atomic E-state index is 0.00589. The average molecular weight is 617 g/mol. The van der Waals surface area contributed by atoms with Gasteiger partial charge in [0, 0.05) is 0 Å². The first-order chi connectivity index (χ1) is 21.2. The van der Waals surface area contributed by atoms with E-state index in [1.165, 1.54) is 135 Å². The topological polar surface area (TPSA) is 0 Å². The van der Waals surface area contributed by atoms with Crippen LogP contribution in [0.15, 0.2) is 48.5 Å².